The zero-order valence-corrected chi connectivity index (χ0v) is 5.53. The fourth-order valence-corrected chi connectivity index (χ4v) is 0.476. The Kier molecular flexibility index (Phi) is 4.01. The lowest BCUT2D eigenvalue weighted by molar-refractivity contribution is -0.0956. The third-order valence-corrected chi connectivity index (χ3v) is 0.767. The molecular weight excluding hydrogens is 126 g/mol. The van der Waals surface area contributed by atoms with Crippen molar-refractivity contribution in [2.24, 2.45) is 0 Å². The SMILES string of the molecule is CC/C=C(\C)OC(F)F. The molecule has 0 atom stereocenters. The highest BCUT2D eigenvalue weighted by Crippen LogP contribution is 2.04. The third-order valence-electron chi connectivity index (χ3n) is 0.767. The van der Waals surface area contributed by atoms with Gasteiger partial charge in [-0.25, -0.2) is 0 Å². The molecule has 3 heteroatoms. The first-order valence-corrected chi connectivity index (χ1v) is 2.78. The Morgan fingerprint density at radius 1 is 1.67 bits per heavy atom. The lowest BCUT2D eigenvalue weighted by Crippen LogP contribution is -1.95. The molecule has 0 spiro atoms. The van der Waals surface area contributed by atoms with Crippen LogP contribution in [0, 0.1) is 0 Å². The van der Waals surface area contributed by atoms with Crippen LogP contribution in [0.1, 0.15) is 20.3 Å². The van der Waals surface area contributed by atoms with Gasteiger partial charge in [0, 0.05) is 0 Å². The summed E-state index contributed by atoms with van der Waals surface area (Å²) in [6.07, 6.45) is 2.32. The fourth-order valence-electron chi connectivity index (χ4n) is 0.476. The van der Waals surface area contributed by atoms with E-state index in [4.69, 9.17) is 0 Å². The van der Waals surface area contributed by atoms with Crippen LogP contribution in [0.5, 0.6) is 0 Å². The summed E-state index contributed by atoms with van der Waals surface area (Å²) in [7, 11) is 0. The van der Waals surface area contributed by atoms with Crippen molar-refractivity contribution in [2.75, 3.05) is 0 Å². The van der Waals surface area contributed by atoms with Gasteiger partial charge in [-0.1, -0.05) is 6.92 Å². The van der Waals surface area contributed by atoms with Gasteiger partial charge in [-0.15, -0.1) is 0 Å². The van der Waals surface area contributed by atoms with Crippen LogP contribution in [-0.2, 0) is 4.74 Å². The summed E-state index contributed by atoms with van der Waals surface area (Å²) < 4.78 is 26.7. The molecule has 9 heavy (non-hydrogen) atoms. The number of alkyl halides is 2. The zero-order valence-electron chi connectivity index (χ0n) is 5.53. The average molecular weight is 136 g/mol. The van der Waals surface area contributed by atoms with Crippen molar-refractivity contribution in [3.8, 4) is 0 Å². The van der Waals surface area contributed by atoms with Crippen molar-refractivity contribution in [1.82, 2.24) is 0 Å². The van der Waals surface area contributed by atoms with Gasteiger partial charge in [0.05, 0.1) is 5.76 Å². The lowest BCUT2D eigenvalue weighted by Gasteiger charge is -2.01. The van der Waals surface area contributed by atoms with Crippen LogP contribution >= 0.6 is 0 Å². The second-order valence-electron chi connectivity index (χ2n) is 1.60. The van der Waals surface area contributed by atoms with E-state index < -0.39 is 6.61 Å². The summed E-state index contributed by atoms with van der Waals surface area (Å²) in [6.45, 7) is 0.682. The molecule has 0 aliphatic carbocycles. The first-order chi connectivity index (χ1) is 4.16. The highest BCUT2D eigenvalue weighted by atomic mass is 19.3. The zero-order chi connectivity index (χ0) is 7.28. The van der Waals surface area contributed by atoms with Gasteiger partial charge in [-0.3, -0.25) is 0 Å². The Balaban J connectivity index is 3.49. The van der Waals surface area contributed by atoms with E-state index in [0.29, 0.717) is 0 Å². The summed E-state index contributed by atoms with van der Waals surface area (Å²) in [6, 6.07) is 0. The Morgan fingerprint density at radius 3 is 2.56 bits per heavy atom. The molecule has 0 saturated carbocycles. The van der Waals surface area contributed by atoms with Crippen LogP contribution in [0.3, 0.4) is 0 Å². The molecule has 0 rings (SSSR count). The molecule has 0 N–H and O–H groups in total. The van der Waals surface area contributed by atoms with E-state index in [-0.39, 0.29) is 5.76 Å². The first kappa shape index (κ1) is 8.40. The maximum absolute atomic E-state index is 11.3. The second kappa shape index (κ2) is 4.30. The number of rotatable bonds is 3. The van der Waals surface area contributed by atoms with E-state index in [1.165, 1.54) is 6.92 Å². The molecule has 0 saturated heterocycles. The van der Waals surface area contributed by atoms with Gasteiger partial charge in [-0.05, 0) is 19.4 Å². The molecule has 0 unspecified atom stereocenters. The maximum Gasteiger partial charge on any atom is 0.387 e. The maximum atomic E-state index is 11.3. The van der Waals surface area contributed by atoms with Crippen molar-refractivity contribution < 1.29 is 13.5 Å². The quantitative estimate of drug-likeness (QED) is 0.542. The standard InChI is InChI=1S/C6H10F2O/c1-3-4-5(2)9-6(7)8/h4,6H,3H2,1-2H3/b5-4+. The molecule has 0 aromatic carbocycles. The molecule has 0 radical (unpaired) electrons. The molecular formula is C6H10F2O. The van der Waals surface area contributed by atoms with Crippen LogP contribution in [0.2, 0.25) is 0 Å². The van der Waals surface area contributed by atoms with E-state index in [1.807, 2.05) is 6.92 Å². The third kappa shape index (κ3) is 5.27. The van der Waals surface area contributed by atoms with Crippen LogP contribution < -0.4 is 0 Å². The molecule has 0 aliphatic heterocycles. The number of halogens is 2. The number of hydrogen-bond acceptors (Lipinski definition) is 1. The van der Waals surface area contributed by atoms with Crippen molar-refractivity contribution in [3.05, 3.63) is 11.8 Å². The minimum absolute atomic E-state index is 0.285. The lowest BCUT2D eigenvalue weighted by atomic mass is 10.4. The Morgan fingerprint density at radius 2 is 2.22 bits per heavy atom. The molecule has 0 aromatic heterocycles. The molecule has 0 fully saturated rings. The fraction of sp³-hybridized carbons (Fsp3) is 0.667. The smallest absolute Gasteiger partial charge is 0.387 e. The van der Waals surface area contributed by atoms with Crippen LogP contribution in [-0.4, -0.2) is 6.61 Å². The van der Waals surface area contributed by atoms with E-state index in [9.17, 15) is 8.78 Å². The predicted octanol–water partition coefficient (Wildman–Crippen LogP) is 2.54. The van der Waals surface area contributed by atoms with Crippen molar-refractivity contribution in [1.29, 1.82) is 0 Å². The minimum atomic E-state index is -2.69. The van der Waals surface area contributed by atoms with E-state index in [1.54, 1.807) is 6.08 Å². The monoisotopic (exact) mass is 136 g/mol. The van der Waals surface area contributed by atoms with Crippen LogP contribution in [0.4, 0.5) is 8.78 Å². The summed E-state index contributed by atoms with van der Waals surface area (Å²) >= 11 is 0. The van der Waals surface area contributed by atoms with Crippen molar-refractivity contribution in [2.45, 2.75) is 26.9 Å². The van der Waals surface area contributed by atoms with Gasteiger partial charge < -0.3 is 4.74 Å². The molecule has 0 aliphatic rings. The molecule has 0 aromatic rings. The molecule has 1 nitrogen and oxygen atoms in total. The highest BCUT2D eigenvalue weighted by Gasteiger charge is 2.00. The van der Waals surface area contributed by atoms with Gasteiger partial charge >= 0.3 is 6.61 Å². The molecule has 0 amide bonds. The van der Waals surface area contributed by atoms with E-state index >= 15 is 0 Å². The van der Waals surface area contributed by atoms with E-state index in [2.05, 4.69) is 4.74 Å². The van der Waals surface area contributed by atoms with Gasteiger partial charge in [0.2, 0.25) is 0 Å². The Hall–Kier alpha value is -0.600. The molecule has 0 heterocycles. The first-order valence-electron chi connectivity index (χ1n) is 2.78. The van der Waals surface area contributed by atoms with Gasteiger partial charge in [0.15, 0.2) is 0 Å². The number of hydrogen-bond donors (Lipinski definition) is 0. The largest absolute Gasteiger partial charge is 0.440 e. The summed E-state index contributed by atoms with van der Waals surface area (Å²) in [5.41, 5.74) is 0. The van der Waals surface area contributed by atoms with E-state index in [0.717, 1.165) is 6.42 Å². The Bertz CT molecular complexity index is 99.2. The number of ether oxygens (including phenoxy) is 1. The van der Waals surface area contributed by atoms with Crippen LogP contribution in [0.25, 0.3) is 0 Å². The van der Waals surface area contributed by atoms with Crippen LogP contribution in [0.15, 0.2) is 11.8 Å². The van der Waals surface area contributed by atoms with Crippen molar-refractivity contribution >= 4 is 0 Å². The normalized spacial score (nSPS) is 12.3. The van der Waals surface area contributed by atoms with Gasteiger partial charge in [-0.2, -0.15) is 8.78 Å². The minimum Gasteiger partial charge on any atom is -0.440 e. The van der Waals surface area contributed by atoms with Crippen molar-refractivity contribution in [3.63, 3.8) is 0 Å². The summed E-state index contributed by atoms with van der Waals surface area (Å²) in [4.78, 5) is 0. The predicted molar refractivity (Wildman–Crippen MR) is 31.1 cm³/mol. The molecule has 54 valence electrons. The van der Waals surface area contributed by atoms with Gasteiger partial charge in [0.25, 0.3) is 0 Å². The number of allylic oxidation sites excluding steroid dienone is 2. The second-order valence-corrected chi connectivity index (χ2v) is 1.60. The van der Waals surface area contributed by atoms with Gasteiger partial charge in [0.1, 0.15) is 0 Å². The average Bonchev–Trinajstić information content (AvgIpc) is 1.63. The summed E-state index contributed by atoms with van der Waals surface area (Å²) in [5, 5.41) is 0. The topological polar surface area (TPSA) is 9.23 Å². The Labute approximate surface area is 53.3 Å². The summed E-state index contributed by atoms with van der Waals surface area (Å²) in [5.74, 6) is 0.285. The molecule has 0 bridgehead atoms. The highest BCUT2D eigenvalue weighted by molar-refractivity contribution is 4.86.